The van der Waals surface area contributed by atoms with Crippen molar-refractivity contribution in [3.05, 3.63) is 12.2 Å². The van der Waals surface area contributed by atoms with Gasteiger partial charge in [0.2, 0.25) is 11.8 Å². The van der Waals surface area contributed by atoms with Crippen molar-refractivity contribution in [3.63, 3.8) is 0 Å². The first-order valence-corrected chi connectivity index (χ1v) is 5.75. The Bertz CT molecular complexity index is 292. The molecule has 5 nitrogen and oxygen atoms in total. The Kier molecular flexibility index (Phi) is 5.34. The number of rotatable bonds is 4. The lowest BCUT2D eigenvalue weighted by atomic mass is 10.3. The summed E-state index contributed by atoms with van der Waals surface area (Å²) in [7, 11) is 0. The SMILES string of the molecule is C[C@H](S)NC(=O)/C=C/CN1CCNCC1=O. The molecule has 1 fully saturated rings. The van der Waals surface area contributed by atoms with E-state index in [1.165, 1.54) is 6.08 Å². The topological polar surface area (TPSA) is 61.4 Å². The number of nitrogens with zero attached hydrogens (tertiary/aromatic N) is 1. The van der Waals surface area contributed by atoms with E-state index >= 15 is 0 Å². The fraction of sp³-hybridized carbons (Fsp3) is 0.600. The van der Waals surface area contributed by atoms with Gasteiger partial charge in [0.05, 0.1) is 11.9 Å². The minimum Gasteiger partial charge on any atom is -0.341 e. The average Bonchev–Trinajstić information content (AvgIpc) is 2.19. The Morgan fingerprint density at radius 1 is 1.75 bits per heavy atom. The van der Waals surface area contributed by atoms with E-state index in [0.29, 0.717) is 19.6 Å². The van der Waals surface area contributed by atoms with Gasteiger partial charge in [-0.2, -0.15) is 12.6 Å². The van der Waals surface area contributed by atoms with Crippen LogP contribution in [0.2, 0.25) is 0 Å². The van der Waals surface area contributed by atoms with Gasteiger partial charge in [-0.3, -0.25) is 9.59 Å². The van der Waals surface area contributed by atoms with Crippen LogP contribution in [0.25, 0.3) is 0 Å². The zero-order chi connectivity index (χ0) is 12.0. The highest BCUT2D eigenvalue weighted by Gasteiger charge is 2.15. The van der Waals surface area contributed by atoms with Crippen LogP contribution in [0.5, 0.6) is 0 Å². The third-order valence-corrected chi connectivity index (χ3v) is 2.26. The summed E-state index contributed by atoms with van der Waals surface area (Å²) in [5.74, 6) is -0.121. The van der Waals surface area contributed by atoms with Gasteiger partial charge in [-0.15, -0.1) is 0 Å². The van der Waals surface area contributed by atoms with Gasteiger partial charge in [0.15, 0.2) is 0 Å². The molecule has 0 bridgehead atoms. The molecular weight excluding hydrogens is 226 g/mol. The number of nitrogens with one attached hydrogen (secondary N) is 2. The van der Waals surface area contributed by atoms with Crippen LogP contribution in [0, 0.1) is 0 Å². The summed E-state index contributed by atoms with van der Waals surface area (Å²) in [6.07, 6.45) is 3.12. The van der Waals surface area contributed by atoms with Crippen molar-refractivity contribution in [1.82, 2.24) is 15.5 Å². The number of hydrogen-bond acceptors (Lipinski definition) is 4. The van der Waals surface area contributed by atoms with Gasteiger partial charge in [0.25, 0.3) is 0 Å². The smallest absolute Gasteiger partial charge is 0.244 e. The van der Waals surface area contributed by atoms with Crippen LogP contribution in [0.3, 0.4) is 0 Å². The highest BCUT2D eigenvalue weighted by molar-refractivity contribution is 7.80. The molecular formula is C10H17N3O2S. The molecule has 1 aliphatic heterocycles. The predicted molar refractivity (Wildman–Crippen MR) is 65.2 cm³/mol. The molecule has 1 atom stereocenters. The molecule has 0 aromatic heterocycles. The second-order valence-corrected chi connectivity index (χ2v) is 4.38. The van der Waals surface area contributed by atoms with Crippen LogP contribution >= 0.6 is 12.6 Å². The lowest BCUT2D eigenvalue weighted by Crippen LogP contribution is -2.47. The molecule has 2 amide bonds. The average molecular weight is 243 g/mol. The maximum absolute atomic E-state index is 11.4. The molecule has 90 valence electrons. The van der Waals surface area contributed by atoms with Crippen LogP contribution in [0.1, 0.15) is 6.92 Å². The van der Waals surface area contributed by atoms with E-state index in [2.05, 4.69) is 23.3 Å². The van der Waals surface area contributed by atoms with E-state index in [4.69, 9.17) is 0 Å². The standard InChI is InChI=1S/C10H17N3O2S/c1-8(16)12-9(14)3-2-5-13-6-4-11-7-10(13)15/h2-3,8,11,16H,4-7H2,1H3,(H,12,14)/b3-2+/t8-/m0/s1. The van der Waals surface area contributed by atoms with Crippen molar-refractivity contribution in [2.45, 2.75) is 12.3 Å². The molecule has 0 aromatic carbocycles. The molecule has 1 saturated heterocycles. The summed E-state index contributed by atoms with van der Waals surface area (Å²) in [4.78, 5) is 24.3. The number of piperazine rings is 1. The number of thiol groups is 1. The molecule has 0 aromatic rings. The van der Waals surface area contributed by atoms with Gasteiger partial charge in [-0.05, 0) is 6.92 Å². The molecule has 0 saturated carbocycles. The molecule has 0 spiro atoms. The minimum atomic E-state index is -0.190. The van der Waals surface area contributed by atoms with E-state index in [9.17, 15) is 9.59 Å². The minimum absolute atomic E-state index is 0.0684. The highest BCUT2D eigenvalue weighted by Crippen LogP contribution is 1.94. The molecule has 16 heavy (non-hydrogen) atoms. The quantitative estimate of drug-likeness (QED) is 0.350. The summed E-state index contributed by atoms with van der Waals surface area (Å²) in [5.41, 5.74) is 0. The van der Waals surface area contributed by atoms with Gasteiger partial charge in [-0.25, -0.2) is 0 Å². The highest BCUT2D eigenvalue weighted by atomic mass is 32.1. The van der Waals surface area contributed by atoms with Crippen LogP contribution in [-0.2, 0) is 9.59 Å². The Morgan fingerprint density at radius 3 is 3.12 bits per heavy atom. The summed E-state index contributed by atoms with van der Waals surface area (Å²) in [5, 5.41) is 5.43. The van der Waals surface area contributed by atoms with Crippen molar-refractivity contribution in [1.29, 1.82) is 0 Å². The van der Waals surface area contributed by atoms with E-state index < -0.39 is 0 Å². The van der Waals surface area contributed by atoms with Gasteiger partial charge in [0, 0.05) is 25.7 Å². The summed E-state index contributed by atoms with van der Waals surface area (Å²) < 4.78 is 0. The lowest BCUT2D eigenvalue weighted by Gasteiger charge is -2.25. The maximum Gasteiger partial charge on any atom is 0.244 e. The van der Waals surface area contributed by atoms with Gasteiger partial charge < -0.3 is 15.5 Å². The molecule has 1 rings (SSSR count). The fourth-order valence-corrected chi connectivity index (χ4v) is 1.51. The second kappa shape index (κ2) is 6.55. The third-order valence-electron chi connectivity index (χ3n) is 2.13. The Labute approximate surface area is 101 Å². The zero-order valence-electron chi connectivity index (χ0n) is 9.27. The van der Waals surface area contributed by atoms with Crippen molar-refractivity contribution in [2.24, 2.45) is 0 Å². The summed E-state index contributed by atoms with van der Waals surface area (Å²) in [6.45, 7) is 4.13. The first kappa shape index (κ1) is 13.1. The number of amides is 2. The van der Waals surface area contributed by atoms with Gasteiger partial charge in [-0.1, -0.05) is 6.08 Å². The maximum atomic E-state index is 11.4. The van der Waals surface area contributed by atoms with Crippen molar-refractivity contribution >= 4 is 24.4 Å². The Hall–Kier alpha value is -1.01. The number of carbonyl (C=O) groups excluding carboxylic acids is 2. The second-order valence-electron chi connectivity index (χ2n) is 3.60. The third kappa shape index (κ3) is 4.67. The predicted octanol–water partition coefficient (Wildman–Crippen LogP) is -0.634. The van der Waals surface area contributed by atoms with E-state index in [-0.39, 0.29) is 17.2 Å². The molecule has 1 aliphatic rings. The van der Waals surface area contributed by atoms with E-state index in [1.54, 1.807) is 17.9 Å². The van der Waals surface area contributed by atoms with Gasteiger partial charge in [0.1, 0.15) is 0 Å². The Balaban J connectivity index is 2.30. The lowest BCUT2D eigenvalue weighted by molar-refractivity contribution is -0.131. The molecule has 2 N–H and O–H groups in total. The molecule has 0 aliphatic carbocycles. The molecule has 6 heteroatoms. The fourth-order valence-electron chi connectivity index (χ4n) is 1.38. The van der Waals surface area contributed by atoms with E-state index in [1.807, 2.05) is 0 Å². The summed E-state index contributed by atoms with van der Waals surface area (Å²) >= 11 is 4.04. The summed E-state index contributed by atoms with van der Waals surface area (Å²) in [6, 6.07) is 0. The number of hydrogen-bond donors (Lipinski definition) is 3. The van der Waals surface area contributed by atoms with E-state index in [0.717, 1.165) is 6.54 Å². The van der Waals surface area contributed by atoms with Crippen LogP contribution < -0.4 is 10.6 Å². The first-order valence-electron chi connectivity index (χ1n) is 5.23. The molecule has 0 radical (unpaired) electrons. The number of carbonyl (C=O) groups is 2. The monoisotopic (exact) mass is 243 g/mol. The van der Waals surface area contributed by atoms with Crippen molar-refractivity contribution in [3.8, 4) is 0 Å². The first-order chi connectivity index (χ1) is 7.59. The van der Waals surface area contributed by atoms with Gasteiger partial charge >= 0.3 is 0 Å². The molecule has 0 unspecified atom stereocenters. The van der Waals surface area contributed by atoms with Crippen molar-refractivity contribution in [2.75, 3.05) is 26.2 Å². The normalized spacial score (nSPS) is 18.9. The Morgan fingerprint density at radius 2 is 2.50 bits per heavy atom. The van der Waals surface area contributed by atoms with Crippen molar-refractivity contribution < 1.29 is 9.59 Å². The zero-order valence-corrected chi connectivity index (χ0v) is 10.2. The van der Waals surface area contributed by atoms with Crippen LogP contribution in [-0.4, -0.2) is 48.3 Å². The van der Waals surface area contributed by atoms with Crippen LogP contribution in [0.4, 0.5) is 0 Å². The molecule has 1 heterocycles. The van der Waals surface area contributed by atoms with Crippen LogP contribution in [0.15, 0.2) is 12.2 Å². The largest absolute Gasteiger partial charge is 0.341 e.